The quantitative estimate of drug-likeness (QED) is 0.526. The van der Waals surface area contributed by atoms with Gasteiger partial charge in [-0.3, -0.25) is 0 Å². The summed E-state index contributed by atoms with van der Waals surface area (Å²) in [6.07, 6.45) is 0. The molecule has 0 amide bonds. The second kappa shape index (κ2) is 241000. The van der Waals surface area contributed by atoms with Crippen LogP contribution in [0.5, 0.6) is 0 Å². The van der Waals surface area contributed by atoms with Crippen LogP contribution < -0.4 is 6.15 Å². The minimum Gasteiger partial charge on any atom is -0.344 e. The van der Waals surface area contributed by atoms with Crippen molar-refractivity contribution in [1.29, 1.82) is 0 Å². The monoisotopic (exact) mass is 139 g/mol. The van der Waals surface area contributed by atoms with Crippen LogP contribution >= 0.6 is 0 Å². The van der Waals surface area contributed by atoms with Crippen molar-refractivity contribution in [3.63, 3.8) is 0 Å². The summed E-state index contributed by atoms with van der Waals surface area (Å²) in [6, 6.07) is 0. The van der Waals surface area contributed by atoms with Crippen molar-refractivity contribution in [1.82, 2.24) is 6.15 Å². The Morgan fingerprint density at radius 1 is 0.444 bits per heavy atom. The fourth-order valence-electron chi connectivity index (χ4n) is 0. The first-order valence-corrected chi connectivity index (χ1v) is 4.00. The highest BCUT2D eigenvalue weighted by Crippen LogP contribution is 1.15. The SMILES string of the molecule is CC.CC.CC.CC.N.[HH]. The summed E-state index contributed by atoms with van der Waals surface area (Å²) < 4.78 is 0. The number of rotatable bonds is 0. The smallest absolute Gasteiger partial charge is 0 e. The van der Waals surface area contributed by atoms with Crippen molar-refractivity contribution in [2.75, 3.05) is 0 Å². The van der Waals surface area contributed by atoms with Gasteiger partial charge in [-0.15, -0.1) is 0 Å². The van der Waals surface area contributed by atoms with Crippen LogP contribution in [0.4, 0.5) is 0 Å². The molecule has 0 aromatic rings. The third-order valence-corrected chi connectivity index (χ3v) is 0. The van der Waals surface area contributed by atoms with E-state index < -0.39 is 0 Å². The van der Waals surface area contributed by atoms with Gasteiger partial charge in [0.15, 0.2) is 0 Å². The van der Waals surface area contributed by atoms with Gasteiger partial charge in [0.1, 0.15) is 0 Å². The maximum Gasteiger partial charge on any atom is 0 e. The summed E-state index contributed by atoms with van der Waals surface area (Å²) in [5.74, 6) is 0. The van der Waals surface area contributed by atoms with Crippen molar-refractivity contribution in [2.24, 2.45) is 0 Å². The van der Waals surface area contributed by atoms with Gasteiger partial charge in [0.05, 0.1) is 0 Å². The first-order valence-electron chi connectivity index (χ1n) is 4.00. The molecule has 0 fully saturated rings. The van der Waals surface area contributed by atoms with Crippen molar-refractivity contribution < 1.29 is 1.43 Å². The maximum atomic E-state index is 2.00. The van der Waals surface area contributed by atoms with Gasteiger partial charge in [-0.05, 0) is 0 Å². The minimum atomic E-state index is 0. The zero-order valence-electron chi connectivity index (χ0n) is 8.71. The van der Waals surface area contributed by atoms with Crippen LogP contribution in [-0.4, -0.2) is 0 Å². The second-order valence-electron chi connectivity index (χ2n) is 0. The highest BCUT2D eigenvalue weighted by atomic mass is 14.0. The van der Waals surface area contributed by atoms with Gasteiger partial charge < -0.3 is 6.15 Å². The van der Waals surface area contributed by atoms with Gasteiger partial charge in [0, 0.05) is 1.43 Å². The Labute approximate surface area is 63.9 Å². The Morgan fingerprint density at radius 2 is 0.444 bits per heavy atom. The van der Waals surface area contributed by atoms with Crippen LogP contribution in [0.2, 0.25) is 0 Å². The number of hydrogen-bond donors (Lipinski definition) is 1. The summed E-state index contributed by atoms with van der Waals surface area (Å²) in [6.45, 7) is 16.0. The molecule has 66 valence electrons. The van der Waals surface area contributed by atoms with E-state index in [1.54, 1.807) is 0 Å². The molecule has 3 N–H and O–H groups in total. The first kappa shape index (κ1) is 36.2. The molecule has 0 aliphatic carbocycles. The molecule has 0 saturated heterocycles. The fourth-order valence-corrected chi connectivity index (χ4v) is 0. The molecule has 0 aliphatic rings. The first-order chi connectivity index (χ1) is 4.00. The molecule has 0 spiro atoms. The van der Waals surface area contributed by atoms with Gasteiger partial charge in [0.2, 0.25) is 0 Å². The Hall–Kier alpha value is -0.0400. The molecule has 0 radical (unpaired) electrons. The van der Waals surface area contributed by atoms with Crippen LogP contribution in [-0.2, 0) is 0 Å². The summed E-state index contributed by atoms with van der Waals surface area (Å²) in [7, 11) is 0. The van der Waals surface area contributed by atoms with E-state index in [4.69, 9.17) is 0 Å². The number of hydrogen-bond acceptors (Lipinski definition) is 1. The van der Waals surface area contributed by atoms with E-state index in [1.807, 2.05) is 55.4 Å². The normalized spacial score (nSPS) is 2.67. The predicted octanol–water partition coefficient (Wildman–Crippen LogP) is 4.51. The third-order valence-electron chi connectivity index (χ3n) is 0. The maximum absolute atomic E-state index is 2.00. The van der Waals surface area contributed by atoms with Gasteiger partial charge >= 0.3 is 0 Å². The van der Waals surface area contributed by atoms with Crippen LogP contribution in [0.15, 0.2) is 0 Å². The molecule has 0 unspecified atom stereocenters. The van der Waals surface area contributed by atoms with Crippen molar-refractivity contribution in [2.45, 2.75) is 55.4 Å². The van der Waals surface area contributed by atoms with E-state index in [2.05, 4.69) is 0 Å². The molecule has 0 aromatic carbocycles. The molecule has 1 nitrogen and oxygen atoms in total. The van der Waals surface area contributed by atoms with Crippen LogP contribution in [0.3, 0.4) is 0 Å². The van der Waals surface area contributed by atoms with Crippen LogP contribution in [0.1, 0.15) is 56.8 Å². The Morgan fingerprint density at radius 3 is 0.444 bits per heavy atom. The molecule has 0 saturated carbocycles. The summed E-state index contributed by atoms with van der Waals surface area (Å²) in [4.78, 5) is 0. The van der Waals surface area contributed by atoms with E-state index in [9.17, 15) is 0 Å². The van der Waals surface area contributed by atoms with Crippen molar-refractivity contribution >= 4 is 0 Å². The van der Waals surface area contributed by atoms with Crippen molar-refractivity contribution in [3.05, 3.63) is 0 Å². The lowest BCUT2D eigenvalue weighted by atomic mass is 11.0. The van der Waals surface area contributed by atoms with E-state index in [0.717, 1.165) is 0 Å². The van der Waals surface area contributed by atoms with E-state index in [0.29, 0.717) is 0 Å². The van der Waals surface area contributed by atoms with E-state index >= 15 is 0 Å². The Bertz CT molecular complexity index is 9.22. The summed E-state index contributed by atoms with van der Waals surface area (Å²) in [5.41, 5.74) is 0. The molecular weight excluding hydrogens is 110 g/mol. The Balaban J connectivity index is -0.00000000500. The summed E-state index contributed by atoms with van der Waals surface area (Å²) >= 11 is 0. The molecular formula is C8H29N. The lowest BCUT2D eigenvalue weighted by Crippen LogP contribution is -0.856. The summed E-state index contributed by atoms with van der Waals surface area (Å²) in [5, 5.41) is 0. The van der Waals surface area contributed by atoms with E-state index in [1.165, 1.54) is 0 Å². The highest BCUT2D eigenvalue weighted by Gasteiger charge is 0.938. The van der Waals surface area contributed by atoms with Crippen LogP contribution in [0, 0.1) is 0 Å². The molecule has 0 rings (SSSR count). The molecule has 0 bridgehead atoms. The van der Waals surface area contributed by atoms with Crippen molar-refractivity contribution in [3.8, 4) is 0 Å². The molecule has 1 heteroatoms. The lowest BCUT2D eigenvalue weighted by Gasteiger charge is -1.07. The Kier molecular flexibility index (Phi) is 969000. The lowest BCUT2D eigenvalue weighted by molar-refractivity contribution is 1.50. The van der Waals surface area contributed by atoms with Gasteiger partial charge in [0.25, 0.3) is 0 Å². The fraction of sp³-hybridized carbons (Fsp3) is 1.00. The van der Waals surface area contributed by atoms with E-state index in [-0.39, 0.29) is 7.58 Å². The average Bonchev–Trinajstić information content (AvgIpc) is 2.03. The average molecular weight is 139 g/mol. The largest absolute Gasteiger partial charge is 0.344 e. The van der Waals surface area contributed by atoms with Crippen LogP contribution in [0.25, 0.3) is 0 Å². The predicted molar refractivity (Wildman–Crippen MR) is 52.5 cm³/mol. The van der Waals surface area contributed by atoms with Gasteiger partial charge in [-0.2, -0.15) is 0 Å². The molecule has 0 heterocycles. The highest BCUT2D eigenvalue weighted by molar-refractivity contribution is 3.51. The molecule has 0 atom stereocenters. The van der Waals surface area contributed by atoms with Gasteiger partial charge in [-0.1, -0.05) is 55.4 Å². The molecule has 0 aromatic heterocycles. The zero-order valence-corrected chi connectivity index (χ0v) is 8.71. The zero-order chi connectivity index (χ0) is 8.00. The third kappa shape index (κ3) is 177000. The minimum absolute atomic E-state index is 0. The van der Waals surface area contributed by atoms with Gasteiger partial charge in [-0.25, -0.2) is 0 Å². The topological polar surface area (TPSA) is 35.0 Å². The molecule has 9 heavy (non-hydrogen) atoms. The molecule has 0 aliphatic heterocycles. The second-order valence-corrected chi connectivity index (χ2v) is 0. The standard InChI is InChI=1S/4C2H6.H3N.H2/c4*1-2;;/h4*1-2H3;1H3;1H.